The Morgan fingerprint density at radius 3 is 2.08 bits per heavy atom. The zero-order valence-electron chi connectivity index (χ0n) is 21.6. The van der Waals surface area contributed by atoms with Crippen molar-refractivity contribution in [3.63, 3.8) is 0 Å². The van der Waals surface area contributed by atoms with E-state index in [1.54, 1.807) is 0 Å². The molecule has 0 N–H and O–H groups in total. The SMILES string of the molecule is O=S1(c2ccccc2)=Nc2ccc(-n3c4ccccc4c4cc(-c5ccccc5)ccc43)cc2-c2ccccc21. The van der Waals surface area contributed by atoms with Gasteiger partial charge in [-0.1, -0.05) is 91.0 Å². The van der Waals surface area contributed by atoms with Crippen LogP contribution in [0.4, 0.5) is 5.69 Å². The molecule has 190 valence electrons. The number of fused-ring (bicyclic) bond motifs is 6. The summed E-state index contributed by atoms with van der Waals surface area (Å²) in [7, 11) is -2.79. The third-order valence-corrected chi connectivity index (χ3v) is 10.1. The molecule has 3 nitrogen and oxygen atoms in total. The normalized spacial score (nSPS) is 15.9. The van der Waals surface area contributed by atoms with Crippen LogP contribution in [0.1, 0.15) is 0 Å². The lowest BCUT2D eigenvalue weighted by molar-refractivity contribution is 0.676. The average Bonchev–Trinajstić information content (AvgIpc) is 3.36. The molecule has 7 aromatic rings. The minimum Gasteiger partial charge on any atom is -0.309 e. The smallest absolute Gasteiger partial charge is 0.109 e. The van der Waals surface area contributed by atoms with Crippen LogP contribution >= 0.6 is 0 Å². The number of nitrogens with zero attached hydrogens (tertiary/aromatic N) is 2. The zero-order valence-corrected chi connectivity index (χ0v) is 22.4. The van der Waals surface area contributed by atoms with Crippen LogP contribution in [0.5, 0.6) is 0 Å². The number of benzene rings is 6. The highest BCUT2D eigenvalue weighted by molar-refractivity contribution is 7.94. The maximum absolute atomic E-state index is 14.4. The van der Waals surface area contributed by atoms with Gasteiger partial charge in [0.05, 0.1) is 26.5 Å². The molecule has 0 radical (unpaired) electrons. The molecule has 0 bridgehead atoms. The Hall–Kier alpha value is -4.93. The van der Waals surface area contributed by atoms with Crippen LogP contribution in [0.3, 0.4) is 0 Å². The minimum atomic E-state index is -2.79. The molecule has 0 fully saturated rings. The summed E-state index contributed by atoms with van der Waals surface area (Å²) in [4.78, 5) is 1.49. The van der Waals surface area contributed by atoms with Gasteiger partial charge in [-0.15, -0.1) is 0 Å². The molecule has 1 aliphatic rings. The van der Waals surface area contributed by atoms with E-state index in [-0.39, 0.29) is 0 Å². The standard InChI is InChI=1S/C36H24N2OS/c39-40(28-13-5-2-6-14-28)36-18-10-8-16-30(36)31-24-27(20-21-33(31)37-40)38-34-17-9-7-15-29(34)32-23-26(19-22-35(32)38)25-11-3-1-4-12-25/h1-24H. The van der Waals surface area contributed by atoms with E-state index in [2.05, 4.69) is 89.5 Å². The van der Waals surface area contributed by atoms with Crippen LogP contribution < -0.4 is 0 Å². The molecule has 0 spiro atoms. The molecule has 8 rings (SSSR count). The first-order valence-corrected chi connectivity index (χ1v) is 14.9. The third kappa shape index (κ3) is 3.40. The van der Waals surface area contributed by atoms with E-state index in [1.807, 2.05) is 60.7 Å². The fourth-order valence-electron chi connectivity index (χ4n) is 5.92. The molecule has 0 saturated heterocycles. The molecule has 0 aliphatic carbocycles. The quantitative estimate of drug-likeness (QED) is 0.223. The van der Waals surface area contributed by atoms with Crippen molar-refractivity contribution in [3.05, 3.63) is 146 Å². The van der Waals surface area contributed by atoms with Crippen LogP contribution in [0.25, 0.3) is 49.7 Å². The molecule has 1 unspecified atom stereocenters. The van der Waals surface area contributed by atoms with Crippen molar-refractivity contribution in [1.82, 2.24) is 4.57 Å². The van der Waals surface area contributed by atoms with E-state index in [4.69, 9.17) is 4.36 Å². The van der Waals surface area contributed by atoms with Crippen LogP contribution in [-0.2, 0) is 9.73 Å². The average molecular weight is 533 g/mol. The van der Waals surface area contributed by atoms with E-state index < -0.39 is 9.73 Å². The fourth-order valence-corrected chi connectivity index (χ4v) is 8.08. The molecule has 40 heavy (non-hydrogen) atoms. The fraction of sp³-hybridized carbons (Fsp3) is 0. The molecule has 0 saturated carbocycles. The lowest BCUT2D eigenvalue weighted by atomic mass is 10.0. The van der Waals surface area contributed by atoms with Crippen molar-refractivity contribution in [2.24, 2.45) is 4.36 Å². The summed E-state index contributed by atoms with van der Waals surface area (Å²) in [5.74, 6) is 0. The highest BCUT2D eigenvalue weighted by atomic mass is 32.2. The number of rotatable bonds is 3. The number of hydrogen-bond acceptors (Lipinski definition) is 2. The second-order valence-corrected chi connectivity index (χ2v) is 12.2. The Balaban J connectivity index is 1.37. The highest BCUT2D eigenvalue weighted by Crippen LogP contribution is 2.45. The van der Waals surface area contributed by atoms with Crippen molar-refractivity contribution >= 4 is 37.2 Å². The molecule has 1 atom stereocenters. The molecule has 6 aromatic carbocycles. The summed E-state index contributed by atoms with van der Waals surface area (Å²) in [6.45, 7) is 0. The number of aromatic nitrogens is 1. The molecule has 0 amide bonds. The van der Waals surface area contributed by atoms with Crippen LogP contribution in [0.2, 0.25) is 0 Å². The van der Waals surface area contributed by atoms with Gasteiger partial charge in [0.2, 0.25) is 0 Å². The predicted molar refractivity (Wildman–Crippen MR) is 165 cm³/mol. The second kappa shape index (κ2) is 8.80. The van der Waals surface area contributed by atoms with Crippen molar-refractivity contribution in [1.29, 1.82) is 0 Å². The Morgan fingerprint density at radius 2 is 1.23 bits per heavy atom. The maximum atomic E-state index is 14.4. The second-order valence-electron chi connectivity index (χ2n) is 10.1. The Morgan fingerprint density at radius 1 is 0.525 bits per heavy atom. The van der Waals surface area contributed by atoms with Crippen molar-refractivity contribution < 1.29 is 4.21 Å². The van der Waals surface area contributed by atoms with Crippen molar-refractivity contribution in [3.8, 4) is 27.9 Å². The van der Waals surface area contributed by atoms with Gasteiger partial charge in [0.15, 0.2) is 0 Å². The van der Waals surface area contributed by atoms with E-state index >= 15 is 0 Å². The number of para-hydroxylation sites is 1. The maximum Gasteiger partial charge on any atom is 0.109 e. The molecule has 2 heterocycles. The Labute approximate surface area is 233 Å². The van der Waals surface area contributed by atoms with Gasteiger partial charge in [0.1, 0.15) is 9.73 Å². The lowest BCUT2D eigenvalue weighted by Gasteiger charge is -2.22. The van der Waals surface area contributed by atoms with Gasteiger partial charge in [-0.05, 0) is 65.7 Å². The van der Waals surface area contributed by atoms with E-state index in [9.17, 15) is 4.21 Å². The van der Waals surface area contributed by atoms with E-state index in [0.29, 0.717) is 0 Å². The van der Waals surface area contributed by atoms with E-state index in [1.165, 1.54) is 21.9 Å². The summed E-state index contributed by atoms with van der Waals surface area (Å²) >= 11 is 0. The summed E-state index contributed by atoms with van der Waals surface area (Å²) < 4.78 is 21.7. The first kappa shape index (κ1) is 23.0. The van der Waals surface area contributed by atoms with Gasteiger partial charge < -0.3 is 4.57 Å². The first-order valence-electron chi connectivity index (χ1n) is 13.4. The Bertz CT molecular complexity index is 2210. The minimum absolute atomic E-state index is 0.730. The van der Waals surface area contributed by atoms with Crippen LogP contribution in [-0.4, -0.2) is 8.78 Å². The summed E-state index contributed by atoms with van der Waals surface area (Å²) in [5.41, 5.74) is 8.47. The monoisotopic (exact) mass is 532 g/mol. The highest BCUT2D eigenvalue weighted by Gasteiger charge is 2.27. The largest absolute Gasteiger partial charge is 0.309 e. The third-order valence-electron chi connectivity index (χ3n) is 7.78. The van der Waals surface area contributed by atoms with Gasteiger partial charge in [-0.25, -0.2) is 4.21 Å². The molecule has 1 aliphatic heterocycles. The van der Waals surface area contributed by atoms with Gasteiger partial charge in [-0.3, -0.25) is 0 Å². The molecule has 1 aromatic heterocycles. The van der Waals surface area contributed by atoms with Gasteiger partial charge in [0, 0.05) is 27.6 Å². The topological polar surface area (TPSA) is 34.4 Å². The van der Waals surface area contributed by atoms with Crippen LogP contribution in [0.15, 0.2) is 160 Å². The summed E-state index contributed by atoms with van der Waals surface area (Å²) in [5, 5.41) is 2.43. The molecule has 4 heteroatoms. The van der Waals surface area contributed by atoms with E-state index in [0.717, 1.165) is 43.3 Å². The van der Waals surface area contributed by atoms with Gasteiger partial charge in [-0.2, -0.15) is 4.36 Å². The van der Waals surface area contributed by atoms with Gasteiger partial charge >= 0.3 is 0 Å². The van der Waals surface area contributed by atoms with Gasteiger partial charge in [0.25, 0.3) is 0 Å². The number of hydrogen-bond donors (Lipinski definition) is 0. The van der Waals surface area contributed by atoms with Crippen molar-refractivity contribution in [2.75, 3.05) is 0 Å². The zero-order chi connectivity index (χ0) is 26.7. The van der Waals surface area contributed by atoms with Crippen LogP contribution in [0, 0.1) is 0 Å². The lowest BCUT2D eigenvalue weighted by Crippen LogP contribution is -2.07. The summed E-state index contributed by atoms with van der Waals surface area (Å²) in [6.07, 6.45) is 0. The molecular formula is C36H24N2OS. The summed E-state index contributed by atoms with van der Waals surface area (Å²) in [6, 6.07) is 49.7. The first-order chi connectivity index (χ1) is 19.7. The van der Waals surface area contributed by atoms with Crippen molar-refractivity contribution in [2.45, 2.75) is 9.79 Å². The molecular weight excluding hydrogens is 508 g/mol. The predicted octanol–water partition coefficient (Wildman–Crippen LogP) is 9.65. The Kier molecular flexibility index (Phi) is 5.06.